The summed E-state index contributed by atoms with van der Waals surface area (Å²) in [4.78, 5) is 12.6. The van der Waals surface area contributed by atoms with Gasteiger partial charge in [0.2, 0.25) is 5.75 Å². The highest BCUT2D eigenvalue weighted by atomic mass is 16.5. The van der Waals surface area contributed by atoms with E-state index in [0.29, 0.717) is 41.0 Å². The second-order valence-corrected chi connectivity index (χ2v) is 6.10. The number of amides is 1. The first-order valence-corrected chi connectivity index (χ1v) is 8.32. The molecule has 0 saturated carbocycles. The first-order chi connectivity index (χ1) is 12.5. The number of benzene rings is 2. The molecular weight excluding hydrogens is 334 g/mol. The molecule has 0 aromatic heterocycles. The van der Waals surface area contributed by atoms with Gasteiger partial charge in [0.1, 0.15) is 5.75 Å². The van der Waals surface area contributed by atoms with E-state index in [9.17, 15) is 4.79 Å². The van der Waals surface area contributed by atoms with Crippen LogP contribution in [0.15, 0.2) is 36.4 Å². The Bertz CT molecular complexity index is 715. The third-order valence-electron chi connectivity index (χ3n) is 3.62. The second-order valence-electron chi connectivity index (χ2n) is 6.10. The molecule has 0 spiro atoms. The Morgan fingerprint density at radius 1 is 0.962 bits per heavy atom. The summed E-state index contributed by atoms with van der Waals surface area (Å²) in [6, 6.07) is 10.5. The van der Waals surface area contributed by atoms with Gasteiger partial charge in [0.25, 0.3) is 5.91 Å². The van der Waals surface area contributed by atoms with Crippen molar-refractivity contribution < 1.29 is 23.7 Å². The molecule has 2 aromatic carbocycles. The lowest BCUT2D eigenvalue weighted by Crippen LogP contribution is -2.12. The van der Waals surface area contributed by atoms with Crippen molar-refractivity contribution >= 4 is 11.6 Å². The van der Waals surface area contributed by atoms with Crippen LogP contribution in [0.5, 0.6) is 23.0 Å². The summed E-state index contributed by atoms with van der Waals surface area (Å²) in [5.41, 5.74) is 1.07. The summed E-state index contributed by atoms with van der Waals surface area (Å²) in [5.74, 6) is 2.24. The van der Waals surface area contributed by atoms with Gasteiger partial charge >= 0.3 is 0 Å². The molecule has 0 atom stereocenters. The monoisotopic (exact) mass is 359 g/mol. The fourth-order valence-corrected chi connectivity index (χ4v) is 2.31. The lowest BCUT2D eigenvalue weighted by molar-refractivity contribution is 0.102. The van der Waals surface area contributed by atoms with Crippen LogP contribution in [-0.2, 0) is 0 Å². The van der Waals surface area contributed by atoms with Gasteiger partial charge in [0, 0.05) is 11.3 Å². The van der Waals surface area contributed by atoms with Crippen molar-refractivity contribution in [2.24, 2.45) is 5.92 Å². The Kier molecular flexibility index (Phi) is 6.72. The summed E-state index contributed by atoms with van der Waals surface area (Å²) in [7, 11) is 4.53. The highest BCUT2D eigenvalue weighted by Gasteiger charge is 2.17. The van der Waals surface area contributed by atoms with Gasteiger partial charge in [-0.05, 0) is 42.3 Å². The maximum absolute atomic E-state index is 12.6. The van der Waals surface area contributed by atoms with Crippen LogP contribution in [0.4, 0.5) is 5.69 Å². The normalized spacial score (nSPS) is 10.4. The van der Waals surface area contributed by atoms with Crippen molar-refractivity contribution in [2.45, 2.75) is 13.8 Å². The van der Waals surface area contributed by atoms with E-state index in [1.807, 2.05) is 12.1 Å². The fraction of sp³-hybridized carbons (Fsp3) is 0.350. The maximum Gasteiger partial charge on any atom is 0.255 e. The van der Waals surface area contributed by atoms with E-state index in [0.717, 1.165) is 5.75 Å². The standard InChI is InChI=1S/C20H25NO5/c1-13(2)12-26-16-8-6-15(7-9-16)21-20(22)14-10-17(23-3)19(25-5)18(11-14)24-4/h6-11,13H,12H2,1-5H3,(H,21,22). The van der Waals surface area contributed by atoms with Gasteiger partial charge in [-0.1, -0.05) is 13.8 Å². The van der Waals surface area contributed by atoms with Crippen LogP contribution in [0.25, 0.3) is 0 Å². The summed E-state index contributed by atoms with van der Waals surface area (Å²) < 4.78 is 21.5. The molecule has 0 aliphatic heterocycles. The van der Waals surface area contributed by atoms with Crippen LogP contribution in [0.3, 0.4) is 0 Å². The Hall–Kier alpha value is -2.89. The molecule has 140 valence electrons. The minimum Gasteiger partial charge on any atom is -0.493 e. The van der Waals surface area contributed by atoms with Gasteiger partial charge in [-0.2, -0.15) is 0 Å². The van der Waals surface area contributed by atoms with Crippen molar-refractivity contribution in [3.8, 4) is 23.0 Å². The fourth-order valence-electron chi connectivity index (χ4n) is 2.31. The van der Waals surface area contributed by atoms with Gasteiger partial charge in [-0.15, -0.1) is 0 Å². The third kappa shape index (κ3) is 4.81. The van der Waals surface area contributed by atoms with Crippen molar-refractivity contribution in [3.63, 3.8) is 0 Å². The largest absolute Gasteiger partial charge is 0.493 e. The number of nitrogens with one attached hydrogen (secondary N) is 1. The predicted octanol–water partition coefficient (Wildman–Crippen LogP) is 4.00. The minimum absolute atomic E-state index is 0.278. The second kappa shape index (κ2) is 8.99. The molecule has 0 fully saturated rings. The van der Waals surface area contributed by atoms with Crippen molar-refractivity contribution in [3.05, 3.63) is 42.0 Å². The zero-order valence-corrected chi connectivity index (χ0v) is 15.8. The zero-order chi connectivity index (χ0) is 19.1. The predicted molar refractivity (Wildman–Crippen MR) is 101 cm³/mol. The average Bonchev–Trinajstić information content (AvgIpc) is 2.65. The number of rotatable bonds is 8. The number of ether oxygens (including phenoxy) is 4. The van der Waals surface area contributed by atoms with E-state index in [2.05, 4.69) is 19.2 Å². The minimum atomic E-state index is -0.278. The Balaban J connectivity index is 2.14. The highest BCUT2D eigenvalue weighted by molar-refractivity contribution is 6.05. The van der Waals surface area contributed by atoms with Gasteiger partial charge in [-0.25, -0.2) is 0 Å². The van der Waals surface area contributed by atoms with Crippen molar-refractivity contribution in [1.29, 1.82) is 0 Å². The van der Waals surface area contributed by atoms with E-state index in [1.165, 1.54) is 21.3 Å². The molecule has 1 amide bonds. The summed E-state index contributed by atoms with van der Waals surface area (Å²) in [6.45, 7) is 4.83. The Labute approximate surface area is 154 Å². The topological polar surface area (TPSA) is 66.0 Å². The van der Waals surface area contributed by atoms with E-state index in [4.69, 9.17) is 18.9 Å². The summed E-state index contributed by atoms with van der Waals surface area (Å²) in [6.07, 6.45) is 0. The summed E-state index contributed by atoms with van der Waals surface area (Å²) >= 11 is 0. The lowest BCUT2D eigenvalue weighted by atomic mass is 10.1. The SMILES string of the molecule is COc1cc(C(=O)Nc2ccc(OCC(C)C)cc2)cc(OC)c1OC. The Morgan fingerprint density at radius 3 is 2.00 bits per heavy atom. The van der Waals surface area contributed by atoms with Gasteiger partial charge in [0.05, 0.1) is 27.9 Å². The maximum atomic E-state index is 12.6. The van der Waals surface area contributed by atoms with Crippen molar-refractivity contribution in [1.82, 2.24) is 0 Å². The van der Waals surface area contributed by atoms with E-state index in [1.54, 1.807) is 24.3 Å². The Morgan fingerprint density at radius 2 is 1.54 bits per heavy atom. The molecule has 0 aliphatic carbocycles. The molecule has 0 radical (unpaired) electrons. The molecule has 2 rings (SSSR count). The molecule has 0 heterocycles. The van der Waals surface area contributed by atoms with E-state index >= 15 is 0 Å². The molecule has 6 heteroatoms. The molecule has 26 heavy (non-hydrogen) atoms. The molecule has 0 bridgehead atoms. The average molecular weight is 359 g/mol. The third-order valence-corrected chi connectivity index (χ3v) is 3.62. The number of carbonyl (C=O) groups is 1. The zero-order valence-electron chi connectivity index (χ0n) is 15.8. The van der Waals surface area contributed by atoms with Crippen LogP contribution >= 0.6 is 0 Å². The van der Waals surface area contributed by atoms with Gasteiger partial charge in [-0.3, -0.25) is 4.79 Å². The van der Waals surface area contributed by atoms with Gasteiger partial charge < -0.3 is 24.3 Å². The molecular formula is C20H25NO5. The summed E-state index contributed by atoms with van der Waals surface area (Å²) in [5, 5.41) is 2.84. The number of methoxy groups -OCH3 is 3. The van der Waals surface area contributed by atoms with Crippen LogP contribution < -0.4 is 24.3 Å². The quantitative estimate of drug-likeness (QED) is 0.772. The number of hydrogen-bond donors (Lipinski definition) is 1. The first-order valence-electron chi connectivity index (χ1n) is 8.32. The highest BCUT2D eigenvalue weighted by Crippen LogP contribution is 2.38. The van der Waals surface area contributed by atoms with Gasteiger partial charge in [0.15, 0.2) is 11.5 Å². The number of anilines is 1. The first kappa shape index (κ1) is 19.4. The van der Waals surface area contributed by atoms with Crippen molar-refractivity contribution in [2.75, 3.05) is 33.3 Å². The van der Waals surface area contributed by atoms with Crippen LogP contribution in [0.1, 0.15) is 24.2 Å². The smallest absolute Gasteiger partial charge is 0.255 e. The lowest BCUT2D eigenvalue weighted by Gasteiger charge is -2.14. The number of carbonyl (C=O) groups excluding carboxylic acids is 1. The molecule has 0 unspecified atom stereocenters. The van der Waals surface area contributed by atoms with Crippen LogP contribution in [0, 0.1) is 5.92 Å². The molecule has 6 nitrogen and oxygen atoms in total. The molecule has 2 aromatic rings. The van der Waals surface area contributed by atoms with Crippen LogP contribution in [-0.4, -0.2) is 33.8 Å². The van der Waals surface area contributed by atoms with E-state index in [-0.39, 0.29) is 5.91 Å². The molecule has 0 aliphatic rings. The number of hydrogen-bond acceptors (Lipinski definition) is 5. The molecule has 1 N–H and O–H groups in total. The van der Waals surface area contributed by atoms with E-state index < -0.39 is 0 Å². The molecule has 0 saturated heterocycles. The van der Waals surface area contributed by atoms with Crippen LogP contribution in [0.2, 0.25) is 0 Å².